The predicted molar refractivity (Wildman–Crippen MR) is 82.5 cm³/mol. The fourth-order valence-electron chi connectivity index (χ4n) is 2.42. The standard InChI is InChI=1S/C15H26N2O2S/c1-15(2,3)20(18,19)10-9-17-8-7-13(11-17)14(16-4)12-5-6-12/h7-8,11-12,14,16H,5-6,9-10H2,1-4H3. The Hall–Kier alpha value is -0.810. The van der Waals surface area contributed by atoms with E-state index < -0.39 is 14.6 Å². The molecule has 1 aromatic rings. The molecule has 1 aromatic heterocycles. The van der Waals surface area contributed by atoms with Crippen molar-refractivity contribution >= 4 is 9.84 Å². The molecular formula is C15H26N2O2S. The van der Waals surface area contributed by atoms with E-state index in [4.69, 9.17) is 0 Å². The van der Waals surface area contributed by atoms with E-state index in [0.717, 1.165) is 5.92 Å². The molecule has 1 fully saturated rings. The molecule has 0 saturated heterocycles. The van der Waals surface area contributed by atoms with E-state index in [-0.39, 0.29) is 5.75 Å². The summed E-state index contributed by atoms with van der Waals surface area (Å²) in [6.07, 6.45) is 6.64. The number of aryl methyl sites for hydroxylation is 1. The SMILES string of the molecule is CNC(c1ccn(CCS(=O)(=O)C(C)(C)C)c1)C1CC1. The van der Waals surface area contributed by atoms with Gasteiger partial charge in [-0.05, 0) is 58.2 Å². The predicted octanol–water partition coefficient (Wildman–Crippen LogP) is 2.37. The first kappa shape index (κ1) is 15.6. The van der Waals surface area contributed by atoms with Crippen LogP contribution in [0.4, 0.5) is 0 Å². The van der Waals surface area contributed by atoms with E-state index in [1.54, 1.807) is 20.8 Å². The Kier molecular flexibility index (Phi) is 4.30. The van der Waals surface area contributed by atoms with E-state index in [1.165, 1.54) is 18.4 Å². The zero-order valence-electron chi connectivity index (χ0n) is 12.9. The van der Waals surface area contributed by atoms with Gasteiger partial charge in [-0.3, -0.25) is 0 Å². The van der Waals surface area contributed by atoms with Gasteiger partial charge in [0.05, 0.1) is 10.5 Å². The number of hydrogen-bond donors (Lipinski definition) is 1. The molecule has 1 saturated carbocycles. The topological polar surface area (TPSA) is 51.1 Å². The van der Waals surface area contributed by atoms with Crippen LogP contribution in [0.5, 0.6) is 0 Å². The Labute approximate surface area is 122 Å². The van der Waals surface area contributed by atoms with Crippen molar-refractivity contribution in [3.8, 4) is 0 Å². The third kappa shape index (κ3) is 3.44. The summed E-state index contributed by atoms with van der Waals surface area (Å²) in [5.74, 6) is 0.937. The van der Waals surface area contributed by atoms with Gasteiger partial charge in [0.1, 0.15) is 0 Å². The van der Waals surface area contributed by atoms with E-state index in [0.29, 0.717) is 12.6 Å². The Balaban J connectivity index is 2.00. The van der Waals surface area contributed by atoms with Crippen LogP contribution in [0.3, 0.4) is 0 Å². The fraction of sp³-hybridized carbons (Fsp3) is 0.733. The molecule has 1 unspecified atom stereocenters. The summed E-state index contributed by atoms with van der Waals surface area (Å²) in [7, 11) is -1.06. The summed E-state index contributed by atoms with van der Waals surface area (Å²) in [6, 6.07) is 2.51. The normalized spacial score (nSPS) is 18.2. The summed E-state index contributed by atoms with van der Waals surface area (Å²) in [6.45, 7) is 5.80. The highest BCUT2D eigenvalue weighted by Crippen LogP contribution is 2.40. The largest absolute Gasteiger partial charge is 0.353 e. The Morgan fingerprint density at radius 2 is 2.05 bits per heavy atom. The third-order valence-electron chi connectivity index (χ3n) is 4.09. The second-order valence-electron chi connectivity index (χ2n) is 6.72. The van der Waals surface area contributed by atoms with Gasteiger partial charge in [-0.15, -0.1) is 0 Å². The number of sulfone groups is 1. The molecule has 20 heavy (non-hydrogen) atoms. The van der Waals surface area contributed by atoms with Gasteiger partial charge in [-0.25, -0.2) is 8.42 Å². The van der Waals surface area contributed by atoms with Gasteiger partial charge in [0.15, 0.2) is 9.84 Å². The monoisotopic (exact) mass is 298 g/mol. The molecule has 1 heterocycles. The van der Waals surface area contributed by atoms with Crippen molar-refractivity contribution in [1.82, 2.24) is 9.88 Å². The van der Waals surface area contributed by atoms with Crippen molar-refractivity contribution in [2.45, 2.75) is 50.9 Å². The quantitative estimate of drug-likeness (QED) is 0.877. The number of hydrogen-bond acceptors (Lipinski definition) is 3. The van der Waals surface area contributed by atoms with Crippen LogP contribution in [0, 0.1) is 5.92 Å². The maximum Gasteiger partial charge on any atom is 0.156 e. The summed E-state index contributed by atoms with van der Waals surface area (Å²) in [5.41, 5.74) is 1.27. The highest BCUT2D eigenvalue weighted by atomic mass is 32.2. The zero-order chi connectivity index (χ0) is 15.0. The lowest BCUT2D eigenvalue weighted by Gasteiger charge is -2.19. The smallest absolute Gasteiger partial charge is 0.156 e. The molecule has 4 nitrogen and oxygen atoms in total. The third-order valence-corrected chi connectivity index (χ3v) is 6.67. The molecule has 0 aromatic carbocycles. The van der Waals surface area contributed by atoms with Crippen LogP contribution in [-0.2, 0) is 16.4 Å². The number of rotatable bonds is 6. The van der Waals surface area contributed by atoms with E-state index in [9.17, 15) is 8.42 Å². The van der Waals surface area contributed by atoms with Gasteiger partial charge in [0, 0.05) is 25.0 Å². The number of nitrogens with zero attached hydrogens (tertiary/aromatic N) is 1. The Bertz CT molecular complexity index is 551. The molecule has 2 rings (SSSR count). The van der Waals surface area contributed by atoms with Crippen molar-refractivity contribution in [3.05, 3.63) is 24.0 Å². The summed E-state index contributed by atoms with van der Waals surface area (Å²) in [5, 5.41) is 3.36. The average Bonchev–Trinajstić information content (AvgIpc) is 3.05. The van der Waals surface area contributed by atoms with Gasteiger partial charge in [-0.1, -0.05) is 0 Å². The molecule has 5 heteroatoms. The van der Waals surface area contributed by atoms with Crippen LogP contribution < -0.4 is 5.32 Å². The minimum Gasteiger partial charge on any atom is -0.353 e. The molecule has 0 spiro atoms. The second-order valence-corrected chi connectivity index (χ2v) is 9.58. The summed E-state index contributed by atoms with van der Waals surface area (Å²) >= 11 is 0. The van der Waals surface area contributed by atoms with Crippen LogP contribution in [0.15, 0.2) is 18.5 Å². The molecule has 0 amide bonds. The second kappa shape index (κ2) is 5.53. The van der Waals surface area contributed by atoms with Crippen LogP contribution in [0.1, 0.15) is 45.2 Å². The first-order valence-corrected chi connectivity index (χ1v) is 8.95. The van der Waals surface area contributed by atoms with Crippen molar-refractivity contribution in [2.24, 2.45) is 5.92 Å². The number of nitrogens with one attached hydrogen (secondary N) is 1. The lowest BCUT2D eigenvalue weighted by atomic mass is 10.1. The van der Waals surface area contributed by atoms with Gasteiger partial charge in [-0.2, -0.15) is 0 Å². The molecule has 1 atom stereocenters. The highest BCUT2D eigenvalue weighted by molar-refractivity contribution is 7.92. The highest BCUT2D eigenvalue weighted by Gasteiger charge is 2.32. The molecular weight excluding hydrogens is 272 g/mol. The summed E-state index contributed by atoms with van der Waals surface area (Å²) in [4.78, 5) is 0. The molecule has 0 aliphatic heterocycles. The number of aromatic nitrogens is 1. The van der Waals surface area contributed by atoms with Gasteiger partial charge < -0.3 is 9.88 Å². The van der Waals surface area contributed by atoms with Crippen molar-refractivity contribution in [3.63, 3.8) is 0 Å². The minimum atomic E-state index is -3.05. The van der Waals surface area contributed by atoms with E-state index >= 15 is 0 Å². The van der Waals surface area contributed by atoms with Crippen LogP contribution in [-0.4, -0.2) is 30.5 Å². The average molecular weight is 298 g/mol. The van der Waals surface area contributed by atoms with Gasteiger partial charge in [0.2, 0.25) is 0 Å². The van der Waals surface area contributed by atoms with Gasteiger partial charge >= 0.3 is 0 Å². The maximum absolute atomic E-state index is 12.1. The summed E-state index contributed by atoms with van der Waals surface area (Å²) < 4.78 is 25.5. The molecule has 1 aliphatic carbocycles. The van der Waals surface area contributed by atoms with Gasteiger partial charge in [0.25, 0.3) is 0 Å². The lowest BCUT2D eigenvalue weighted by molar-refractivity contribution is 0.527. The van der Waals surface area contributed by atoms with Crippen molar-refractivity contribution in [2.75, 3.05) is 12.8 Å². The fourth-order valence-corrected chi connectivity index (χ4v) is 3.48. The molecule has 114 valence electrons. The van der Waals surface area contributed by atoms with Crippen molar-refractivity contribution < 1.29 is 8.42 Å². The lowest BCUT2D eigenvalue weighted by Crippen LogP contribution is -2.31. The van der Waals surface area contributed by atoms with E-state index in [2.05, 4.69) is 17.6 Å². The molecule has 0 radical (unpaired) electrons. The minimum absolute atomic E-state index is 0.193. The maximum atomic E-state index is 12.1. The first-order valence-electron chi connectivity index (χ1n) is 7.30. The van der Waals surface area contributed by atoms with E-state index in [1.807, 2.05) is 17.8 Å². The van der Waals surface area contributed by atoms with Crippen molar-refractivity contribution in [1.29, 1.82) is 0 Å². The molecule has 0 bridgehead atoms. The zero-order valence-corrected chi connectivity index (χ0v) is 13.7. The van der Waals surface area contributed by atoms with Crippen LogP contribution in [0.25, 0.3) is 0 Å². The Morgan fingerprint density at radius 3 is 2.55 bits per heavy atom. The van der Waals surface area contributed by atoms with Crippen LogP contribution >= 0.6 is 0 Å². The first-order chi connectivity index (χ1) is 9.24. The Morgan fingerprint density at radius 1 is 1.40 bits per heavy atom. The van der Waals surface area contributed by atoms with Crippen LogP contribution in [0.2, 0.25) is 0 Å². The molecule has 1 N–H and O–H groups in total. The molecule has 1 aliphatic rings.